The highest BCUT2D eigenvalue weighted by atomic mass is 28.4. The van der Waals surface area contributed by atoms with Crippen molar-refractivity contribution >= 4 is 19.3 Å². The molecule has 0 atom stereocenters. The summed E-state index contributed by atoms with van der Waals surface area (Å²) < 4.78 is 22.3. The molecule has 0 fully saturated rings. The molecule has 0 rings (SSSR count). The first-order chi connectivity index (χ1) is 11.7. The van der Waals surface area contributed by atoms with Crippen LogP contribution in [-0.4, -0.2) is 45.7 Å². The zero-order valence-electron chi connectivity index (χ0n) is 17.3. The molecule has 0 aliphatic heterocycles. The molecule has 148 valence electrons. The number of rotatable bonds is 16. The Bertz CT molecular complexity index is 212. The molecule has 0 heterocycles. The van der Waals surface area contributed by atoms with Gasteiger partial charge in [0.1, 0.15) is 10.5 Å². The third-order valence-electron chi connectivity index (χ3n) is 3.72. The van der Waals surface area contributed by atoms with Crippen molar-refractivity contribution in [2.45, 2.75) is 92.0 Å². The largest absolute Gasteiger partial charge is 0.500 e. The average Bonchev–Trinajstić information content (AvgIpc) is 2.58. The maximum atomic E-state index is 5.86. The molecule has 4 nitrogen and oxygen atoms in total. The van der Waals surface area contributed by atoms with Gasteiger partial charge in [-0.05, 0) is 34.1 Å². The average molecular weight is 381 g/mol. The van der Waals surface area contributed by atoms with Crippen molar-refractivity contribution < 1.29 is 17.7 Å². The lowest BCUT2D eigenvalue weighted by Crippen LogP contribution is -2.45. The van der Waals surface area contributed by atoms with Crippen molar-refractivity contribution in [1.29, 1.82) is 0 Å². The van der Waals surface area contributed by atoms with Crippen LogP contribution in [0.5, 0.6) is 0 Å². The first-order valence-corrected chi connectivity index (χ1v) is 12.8. The second-order valence-electron chi connectivity index (χ2n) is 5.78. The Kier molecular flexibility index (Phi) is 23.5. The van der Waals surface area contributed by atoms with Crippen molar-refractivity contribution in [2.75, 3.05) is 26.4 Å². The zero-order valence-corrected chi connectivity index (χ0v) is 20.3. The van der Waals surface area contributed by atoms with Gasteiger partial charge in [0, 0.05) is 32.5 Å². The SMILES string of the molecule is CCCCCCCCCC[Si](OCC)(OCC)OCC.CCO[SiH3]. The van der Waals surface area contributed by atoms with Crippen LogP contribution in [0.2, 0.25) is 6.04 Å². The third-order valence-corrected chi connectivity index (χ3v) is 7.45. The molecular weight excluding hydrogens is 336 g/mol. The molecule has 0 aliphatic carbocycles. The molecule has 0 radical (unpaired) electrons. The molecule has 0 unspecified atom stereocenters. The molecule has 0 aliphatic rings. The Hall–Kier alpha value is 0.274. The summed E-state index contributed by atoms with van der Waals surface area (Å²) >= 11 is 0. The van der Waals surface area contributed by atoms with Crippen LogP contribution in [0.25, 0.3) is 0 Å². The summed E-state index contributed by atoms with van der Waals surface area (Å²) in [5.41, 5.74) is 0. The number of hydrogen-bond donors (Lipinski definition) is 0. The molecule has 0 saturated carbocycles. The Balaban J connectivity index is 0. The topological polar surface area (TPSA) is 36.9 Å². The fraction of sp³-hybridized carbons (Fsp3) is 1.00. The molecule has 0 aromatic heterocycles. The molecule has 0 spiro atoms. The van der Waals surface area contributed by atoms with Crippen LogP contribution in [0.3, 0.4) is 0 Å². The molecular formula is C18H44O4Si2. The van der Waals surface area contributed by atoms with Crippen molar-refractivity contribution in [3.63, 3.8) is 0 Å². The maximum Gasteiger partial charge on any atom is 0.500 e. The minimum atomic E-state index is -2.38. The van der Waals surface area contributed by atoms with Gasteiger partial charge in [-0.25, -0.2) is 0 Å². The lowest BCUT2D eigenvalue weighted by Gasteiger charge is -2.28. The van der Waals surface area contributed by atoms with Crippen molar-refractivity contribution in [1.82, 2.24) is 0 Å². The quantitative estimate of drug-likeness (QED) is 0.292. The van der Waals surface area contributed by atoms with Gasteiger partial charge in [0.15, 0.2) is 0 Å². The minimum Gasteiger partial charge on any atom is -0.428 e. The standard InChI is InChI=1S/C16H36O3Si.C2H8OSi/c1-5-9-10-11-12-13-14-15-16-20(17-6-2,18-7-3)19-8-4;1-2-3-4/h5-16H2,1-4H3;2H2,1,4H3. The third kappa shape index (κ3) is 17.1. The molecule has 0 N–H and O–H groups in total. The smallest absolute Gasteiger partial charge is 0.428 e. The minimum absolute atomic E-state index is 0.684. The number of hydrogen-bond acceptors (Lipinski definition) is 4. The highest BCUT2D eigenvalue weighted by molar-refractivity contribution is 6.60. The summed E-state index contributed by atoms with van der Waals surface area (Å²) in [5, 5.41) is 0. The molecule has 6 heteroatoms. The van der Waals surface area contributed by atoms with Gasteiger partial charge in [0.2, 0.25) is 0 Å². The second kappa shape index (κ2) is 21.3. The lowest BCUT2D eigenvalue weighted by molar-refractivity contribution is 0.0706. The van der Waals surface area contributed by atoms with Crippen LogP contribution in [0, 0.1) is 0 Å². The van der Waals surface area contributed by atoms with Crippen LogP contribution in [-0.2, 0) is 17.7 Å². The van der Waals surface area contributed by atoms with Gasteiger partial charge in [-0.2, -0.15) is 0 Å². The summed E-state index contributed by atoms with van der Waals surface area (Å²) in [4.78, 5) is 0. The first-order valence-electron chi connectivity index (χ1n) is 10.1. The van der Waals surface area contributed by atoms with Gasteiger partial charge < -0.3 is 17.7 Å². The van der Waals surface area contributed by atoms with Crippen LogP contribution >= 0.6 is 0 Å². The molecule has 0 aromatic carbocycles. The Morgan fingerprint density at radius 3 is 1.29 bits per heavy atom. The van der Waals surface area contributed by atoms with Crippen LogP contribution in [0.1, 0.15) is 86.0 Å². The van der Waals surface area contributed by atoms with E-state index in [2.05, 4.69) is 11.3 Å². The fourth-order valence-electron chi connectivity index (χ4n) is 2.48. The Labute approximate surface area is 155 Å². The predicted octanol–water partition coefficient (Wildman–Crippen LogP) is 4.48. The Morgan fingerprint density at radius 2 is 0.958 bits per heavy atom. The molecule has 0 amide bonds. The Morgan fingerprint density at radius 1 is 0.583 bits per heavy atom. The second-order valence-corrected chi connectivity index (χ2v) is 9.09. The fourth-order valence-corrected chi connectivity index (χ4v) is 5.16. The van der Waals surface area contributed by atoms with E-state index in [9.17, 15) is 0 Å². The highest BCUT2D eigenvalue weighted by Crippen LogP contribution is 2.20. The number of unbranched alkanes of at least 4 members (excludes halogenated alkanes) is 7. The van der Waals surface area contributed by atoms with Gasteiger partial charge in [0.05, 0.1) is 0 Å². The van der Waals surface area contributed by atoms with E-state index in [-0.39, 0.29) is 0 Å². The lowest BCUT2D eigenvalue weighted by atomic mass is 10.1. The molecule has 0 bridgehead atoms. The van der Waals surface area contributed by atoms with Gasteiger partial charge in [-0.1, -0.05) is 51.9 Å². The van der Waals surface area contributed by atoms with Gasteiger partial charge in [-0.15, -0.1) is 0 Å². The van der Waals surface area contributed by atoms with Gasteiger partial charge in [-0.3, -0.25) is 0 Å². The van der Waals surface area contributed by atoms with Crippen LogP contribution in [0.4, 0.5) is 0 Å². The monoisotopic (exact) mass is 380 g/mol. The summed E-state index contributed by atoms with van der Waals surface area (Å²) in [6.07, 6.45) is 10.6. The van der Waals surface area contributed by atoms with Crippen molar-refractivity contribution in [3.05, 3.63) is 0 Å². The van der Waals surface area contributed by atoms with E-state index < -0.39 is 8.80 Å². The molecule has 0 aromatic rings. The van der Waals surface area contributed by atoms with E-state index in [1.807, 2.05) is 27.7 Å². The van der Waals surface area contributed by atoms with E-state index in [4.69, 9.17) is 13.3 Å². The van der Waals surface area contributed by atoms with E-state index >= 15 is 0 Å². The van der Waals surface area contributed by atoms with E-state index in [1.165, 1.54) is 51.4 Å². The van der Waals surface area contributed by atoms with Gasteiger partial charge >= 0.3 is 8.80 Å². The van der Waals surface area contributed by atoms with Gasteiger partial charge in [0.25, 0.3) is 0 Å². The van der Waals surface area contributed by atoms with Crippen molar-refractivity contribution in [3.8, 4) is 0 Å². The predicted molar refractivity (Wildman–Crippen MR) is 110 cm³/mol. The highest BCUT2D eigenvalue weighted by Gasteiger charge is 2.39. The maximum absolute atomic E-state index is 5.86. The van der Waals surface area contributed by atoms with Crippen LogP contribution in [0.15, 0.2) is 0 Å². The van der Waals surface area contributed by atoms with Crippen molar-refractivity contribution in [2.24, 2.45) is 0 Å². The normalized spacial score (nSPS) is 11.4. The van der Waals surface area contributed by atoms with E-state index in [0.29, 0.717) is 19.8 Å². The molecule has 0 saturated heterocycles. The van der Waals surface area contributed by atoms with Crippen LogP contribution < -0.4 is 0 Å². The first kappa shape index (κ1) is 26.5. The molecule has 24 heavy (non-hydrogen) atoms. The zero-order chi connectivity index (χ0) is 18.5. The summed E-state index contributed by atoms with van der Waals surface area (Å²) in [6.45, 7) is 13.3. The van der Waals surface area contributed by atoms with E-state index in [1.54, 1.807) is 0 Å². The van der Waals surface area contributed by atoms with E-state index in [0.717, 1.165) is 23.1 Å². The summed E-state index contributed by atoms with van der Waals surface area (Å²) in [7, 11) is -1.49. The summed E-state index contributed by atoms with van der Waals surface area (Å²) in [6, 6.07) is 0.970. The summed E-state index contributed by atoms with van der Waals surface area (Å²) in [5.74, 6) is 0.